The first kappa shape index (κ1) is 24.8. The largest absolute Gasteiger partial charge is 0.493 e. The summed E-state index contributed by atoms with van der Waals surface area (Å²) >= 11 is 0. The zero-order valence-electron chi connectivity index (χ0n) is 19.5. The average molecular weight is 495 g/mol. The molecule has 9 nitrogen and oxygen atoms in total. The number of likely N-dealkylation sites (tertiary alicyclic amines) is 1. The smallest absolute Gasteiger partial charge is 0.352 e. The minimum absolute atomic E-state index is 0. The van der Waals surface area contributed by atoms with Crippen LogP contribution >= 0.6 is 12.4 Å². The average Bonchev–Trinajstić information content (AvgIpc) is 3.13. The van der Waals surface area contributed by atoms with Crippen molar-refractivity contribution in [1.29, 1.82) is 0 Å². The van der Waals surface area contributed by atoms with Crippen LogP contribution in [-0.4, -0.2) is 73.0 Å². The molecule has 34 heavy (non-hydrogen) atoms. The van der Waals surface area contributed by atoms with E-state index >= 15 is 0 Å². The standard InChI is InChI=1S/C24H30N2O7.ClH/c1-13(31-18(27)7-10-25)22(28)32-16-6-8-24(29)17-12-14-4-5-15(30-3)20-19(14)23(24,21(16)33-20)9-11-26(17)2;/h4-6,13,17,21,29H,7-12,25H2,1-3H3;1H. The number of hydrogen-bond donors (Lipinski definition) is 2. The molecule has 1 fully saturated rings. The first-order chi connectivity index (χ1) is 15.8. The molecule has 2 bridgehead atoms. The number of nitrogens with zero attached hydrogens (tertiary/aromatic N) is 1. The number of carbonyl (C=O) groups is 2. The highest BCUT2D eigenvalue weighted by Crippen LogP contribution is 2.65. The topological polar surface area (TPSA) is 121 Å². The summed E-state index contributed by atoms with van der Waals surface area (Å²) in [5, 5.41) is 12.2. The van der Waals surface area contributed by atoms with Crippen LogP contribution in [0.4, 0.5) is 0 Å². The van der Waals surface area contributed by atoms with Gasteiger partial charge in [-0.05, 0) is 51.1 Å². The predicted molar refractivity (Wildman–Crippen MR) is 124 cm³/mol. The van der Waals surface area contributed by atoms with Crippen molar-refractivity contribution in [2.45, 2.75) is 61.9 Å². The Morgan fingerprint density at radius 3 is 2.85 bits per heavy atom. The van der Waals surface area contributed by atoms with E-state index in [0.717, 1.165) is 17.7 Å². The van der Waals surface area contributed by atoms with Gasteiger partial charge in [0.25, 0.3) is 0 Å². The van der Waals surface area contributed by atoms with Crippen LogP contribution in [0, 0.1) is 0 Å². The molecule has 5 unspecified atom stereocenters. The lowest BCUT2D eigenvalue weighted by Gasteiger charge is -2.61. The molecule has 1 aromatic carbocycles. The number of aliphatic hydroxyl groups is 1. The second-order valence-electron chi connectivity index (χ2n) is 9.38. The molecule has 5 rings (SSSR count). The summed E-state index contributed by atoms with van der Waals surface area (Å²) in [5.74, 6) is 0.276. The predicted octanol–water partition coefficient (Wildman–Crippen LogP) is 1.22. The third-order valence-electron chi connectivity index (χ3n) is 7.77. The van der Waals surface area contributed by atoms with E-state index in [1.54, 1.807) is 13.2 Å². The molecule has 2 aliphatic carbocycles. The van der Waals surface area contributed by atoms with Gasteiger partial charge in [-0.2, -0.15) is 0 Å². The fourth-order valence-corrected chi connectivity index (χ4v) is 6.21. The highest BCUT2D eigenvalue weighted by atomic mass is 35.5. The van der Waals surface area contributed by atoms with Crippen LogP contribution in [0.3, 0.4) is 0 Å². The molecule has 10 heteroatoms. The fraction of sp³-hybridized carbons (Fsp3) is 0.583. The quantitative estimate of drug-likeness (QED) is 0.562. The van der Waals surface area contributed by atoms with Crippen molar-refractivity contribution in [3.8, 4) is 11.5 Å². The lowest BCUT2D eigenvalue weighted by Crippen LogP contribution is -2.74. The molecule has 1 saturated heterocycles. The van der Waals surface area contributed by atoms with Crippen molar-refractivity contribution >= 4 is 24.3 Å². The van der Waals surface area contributed by atoms with Gasteiger partial charge in [0.1, 0.15) is 5.76 Å². The molecule has 5 atom stereocenters. The molecule has 0 radical (unpaired) electrons. The Bertz CT molecular complexity index is 1050. The Balaban J connectivity index is 0.00000274. The number of likely N-dealkylation sites (N-methyl/N-ethyl adjacent to an activating group) is 1. The van der Waals surface area contributed by atoms with Crippen LogP contribution < -0.4 is 15.2 Å². The van der Waals surface area contributed by atoms with Gasteiger partial charge in [0.15, 0.2) is 23.7 Å². The molecule has 3 N–H and O–H groups in total. The number of carbonyl (C=O) groups excluding carboxylic acids is 2. The van der Waals surface area contributed by atoms with Gasteiger partial charge >= 0.3 is 11.9 Å². The molecule has 0 amide bonds. The van der Waals surface area contributed by atoms with Gasteiger partial charge in [-0.25, -0.2) is 4.79 Å². The number of nitrogens with two attached hydrogens (primary N) is 1. The van der Waals surface area contributed by atoms with E-state index in [4.69, 9.17) is 24.7 Å². The van der Waals surface area contributed by atoms with Gasteiger partial charge in [-0.3, -0.25) is 4.79 Å². The van der Waals surface area contributed by atoms with Crippen LogP contribution in [0.5, 0.6) is 11.5 Å². The number of methoxy groups -OCH3 is 1. The third kappa shape index (κ3) is 3.25. The number of hydrogen-bond acceptors (Lipinski definition) is 9. The summed E-state index contributed by atoms with van der Waals surface area (Å²) in [4.78, 5) is 26.7. The molecular weight excluding hydrogens is 464 g/mol. The molecule has 1 spiro atoms. The molecule has 1 aromatic rings. The van der Waals surface area contributed by atoms with Gasteiger partial charge in [0, 0.05) is 24.6 Å². The number of ether oxygens (including phenoxy) is 4. The van der Waals surface area contributed by atoms with Crippen LogP contribution in [-0.2, 0) is 30.9 Å². The maximum atomic E-state index is 12.8. The number of rotatable bonds is 6. The summed E-state index contributed by atoms with van der Waals surface area (Å²) in [6.45, 7) is 2.38. The SMILES string of the molecule is COc1ccc2c3c1OC1C(OC(=O)C(C)OC(=O)CCN)=CCC4(O)C(C2)N(C)CCC314.Cl. The van der Waals surface area contributed by atoms with Crippen molar-refractivity contribution in [2.24, 2.45) is 5.73 Å². The molecule has 0 saturated carbocycles. The minimum atomic E-state index is -1.09. The van der Waals surface area contributed by atoms with E-state index in [0.29, 0.717) is 36.5 Å². The Kier molecular flexibility index (Phi) is 6.35. The summed E-state index contributed by atoms with van der Waals surface area (Å²) in [6.07, 6.45) is 1.66. The molecule has 2 aliphatic heterocycles. The molecular formula is C24H31ClN2O7. The first-order valence-corrected chi connectivity index (χ1v) is 11.4. The molecule has 186 valence electrons. The van der Waals surface area contributed by atoms with E-state index in [-0.39, 0.29) is 31.4 Å². The Hall–Kier alpha value is -2.33. The van der Waals surface area contributed by atoms with E-state index in [9.17, 15) is 14.7 Å². The lowest BCUT2D eigenvalue weighted by atomic mass is 9.50. The zero-order valence-corrected chi connectivity index (χ0v) is 20.4. The minimum Gasteiger partial charge on any atom is -0.493 e. The second-order valence-corrected chi connectivity index (χ2v) is 9.38. The van der Waals surface area contributed by atoms with Crippen molar-refractivity contribution in [3.63, 3.8) is 0 Å². The van der Waals surface area contributed by atoms with Crippen molar-refractivity contribution < 1.29 is 33.6 Å². The van der Waals surface area contributed by atoms with Gasteiger partial charge in [-0.1, -0.05) is 6.07 Å². The number of benzene rings is 1. The van der Waals surface area contributed by atoms with E-state index < -0.39 is 35.2 Å². The fourth-order valence-electron chi connectivity index (χ4n) is 6.21. The summed E-state index contributed by atoms with van der Waals surface area (Å²) in [5.41, 5.74) is 5.61. The zero-order chi connectivity index (χ0) is 23.5. The number of esters is 2. The van der Waals surface area contributed by atoms with Crippen molar-refractivity contribution in [3.05, 3.63) is 35.1 Å². The maximum absolute atomic E-state index is 12.8. The molecule has 2 heterocycles. The Labute approximate surface area is 204 Å². The second kappa shape index (κ2) is 8.71. The normalized spacial score (nSPS) is 31.3. The first-order valence-electron chi connectivity index (χ1n) is 11.4. The maximum Gasteiger partial charge on any atom is 0.352 e. The Morgan fingerprint density at radius 1 is 1.38 bits per heavy atom. The van der Waals surface area contributed by atoms with Crippen molar-refractivity contribution in [1.82, 2.24) is 4.90 Å². The summed E-state index contributed by atoms with van der Waals surface area (Å²) in [6, 6.07) is 3.84. The van der Waals surface area contributed by atoms with Crippen LogP contribution in [0.1, 0.15) is 37.3 Å². The van der Waals surface area contributed by atoms with E-state index in [2.05, 4.69) is 4.90 Å². The summed E-state index contributed by atoms with van der Waals surface area (Å²) in [7, 11) is 3.62. The monoisotopic (exact) mass is 494 g/mol. The van der Waals surface area contributed by atoms with E-state index in [1.165, 1.54) is 6.92 Å². The molecule has 0 aromatic heterocycles. The Morgan fingerprint density at radius 2 is 2.15 bits per heavy atom. The number of piperidine rings is 1. The highest BCUT2D eigenvalue weighted by molar-refractivity contribution is 5.85. The van der Waals surface area contributed by atoms with E-state index in [1.807, 2.05) is 19.2 Å². The van der Waals surface area contributed by atoms with Crippen LogP contribution in [0.15, 0.2) is 24.0 Å². The van der Waals surface area contributed by atoms with Gasteiger partial charge in [0.2, 0.25) is 0 Å². The number of halogens is 1. The van der Waals surface area contributed by atoms with Crippen LogP contribution in [0.25, 0.3) is 0 Å². The highest BCUT2D eigenvalue weighted by Gasteiger charge is 2.72. The summed E-state index contributed by atoms with van der Waals surface area (Å²) < 4.78 is 22.9. The van der Waals surface area contributed by atoms with Crippen LogP contribution in [0.2, 0.25) is 0 Å². The third-order valence-corrected chi connectivity index (χ3v) is 7.77. The van der Waals surface area contributed by atoms with Gasteiger partial charge < -0.3 is 34.7 Å². The van der Waals surface area contributed by atoms with Gasteiger partial charge in [-0.15, -0.1) is 12.4 Å². The van der Waals surface area contributed by atoms with Crippen molar-refractivity contribution in [2.75, 3.05) is 27.2 Å². The lowest BCUT2D eigenvalue weighted by molar-refractivity contribution is -0.175. The molecule has 4 aliphatic rings. The van der Waals surface area contributed by atoms with Gasteiger partial charge in [0.05, 0.1) is 24.5 Å².